The van der Waals surface area contributed by atoms with Gasteiger partial charge in [-0.15, -0.1) is 0 Å². The van der Waals surface area contributed by atoms with Crippen molar-refractivity contribution in [2.75, 3.05) is 0 Å². The van der Waals surface area contributed by atoms with Gasteiger partial charge in [-0.1, -0.05) is 39.8 Å². The summed E-state index contributed by atoms with van der Waals surface area (Å²) in [7, 11) is 0. The standard InChI is InChI=1S/C12H23N/c1-9(2)11-7-5-6-8-12(13-11)10(3)4/h5,7,9-13H,6,8H2,1-4H3/t11-,12?/m0/s1. The van der Waals surface area contributed by atoms with E-state index in [2.05, 4.69) is 45.2 Å². The van der Waals surface area contributed by atoms with Crippen LogP contribution in [-0.4, -0.2) is 12.1 Å². The second kappa shape index (κ2) is 4.80. The summed E-state index contributed by atoms with van der Waals surface area (Å²) in [5.74, 6) is 1.46. The van der Waals surface area contributed by atoms with E-state index in [-0.39, 0.29) is 0 Å². The van der Waals surface area contributed by atoms with Crippen LogP contribution in [0.3, 0.4) is 0 Å². The smallest absolute Gasteiger partial charge is 0.0275 e. The van der Waals surface area contributed by atoms with E-state index in [1.54, 1.807) is 0 Å². The van der Waals surface area contributed by atoms with Crippen molar-refractivity contribution in [2.24, 2.45) is 11.8 Å². The lowest BCUT2D eigenvalue weighted by Crippen LogP contribution is -2.42. The highest BCUT2D eigenvalue weighted by Gasteiger charge is 2.20. The van der Waals surface area contributed by atoms with E-state index < -0.39 is 0 Å². The maximum absolute atomic E-state index is 3.73. The Morgan fingerprint density at radius 2 is 1.85 bits per heavy atom. The van der Waals surface area contributed by atoms with E-state index in [9.17, 15) is 0 Å². The molecule has 2 atom stereocenters. The third-order valence-corrected chi connectivity index (χ3v) is 2.92. The van der Waals surface area contributed by atoms with Crippen LogP contribution in [-0.2, 0) is 0 Å². The lowest BCUT2D eigenvalue weighted by Gasteiger charge is -2.27. The number of nitrogens with one attached hydrogen (secondary N) is 1. The van der Waals surface area contributed by atoms with Crippen molar-refractivity contribution >= 4 is 0 Å². The molecule has 1 heterocycles. The Morgan fingerprint density at radius 3 is 2.38 bits per heavy atom. The Bertz CT molecular complexity index is 170. The molecule has 0 aromatic heterocycles. The Morgan fingerprint density at radius 1 is 1.15 bits per heavy atom. The molecule has 1 nitrogen and oxygen atoms in total. The maximum Gasteiger partial charge on any atom is 0.0275 e. The van der Waals surface area contributed by atoms with Crippen molar-refractivity contribution in [1.82, 2.24) is 5.32 Å². The highest BCUT2D eigenvalue weighted by molar-refractivity contribution is 5.00. The van der Waals surface area contributed by atoms with E-state index in [4.69, 9.17) is 0 Å². The summed E-state index contributed by atoms with van der Waals surface area (Å²) in [6, 6.07) is 1.28. The highest BCUT2D eigenvalue weighted by Crippen LogP contribution is 2.16. The SMILES string of the molecule is CC(C)C1CCC=C[C@@H](C(C)C)N1. The van der Waals surface area contributed by atoms with Crippen LogP contribution in [0.5, 0.6) is 0 Å². The molecule has 1 heteroatoms. The van der Waals surface area contributed by atoms with Gasteiger partial charge in [0.15, 0.2) is 0 Å². The van der Waals surface area contributed by atoms with Gasteiger partial charge in [-0.2, -0.15) is 0 Å². The van der Waals surface area contributed by atoms with E-state index in [0.717, 1.165) is 5.92 Å². The Balaban J connectivity index is 2.56. The molecular formula is C12H23N. The van der Waals surface area contributed by atoms with E-state index >= 15 is 0 Å². The number of hydrogen-bond acceptors (Lipinski definition) is 1. The van der Waals surface area contributed by atoms with Crippen molar-refractivity contribution in [3.63, 3.8) is 0 Å². The molecule has 0 saturated heterocycles. The number of hydrogen-bond donors (Lipinski definition) is 1. The first-order chi connectivity index (χ1) is 6.11. The van der Waals surface area contributed by atoms with E-state index in [0.29, 0.717) is 18.0 Å². The number of rotatable bonds is 2. The molecule has 0 aliphatic carbocycles. The molecule has 0 bridgehead atoms. The largest absolute Gasteiger partial charge is 0.307 e. The van der Waals surface area contributed by atoms with Crippen LogP contribution < -0.4 is 5.32 Å². The van der Waals surface area contributed by atoms with Gasteiger partial charge in [0.1, 0.15) is 0 Å². The first-order valence-corrected chi connectivity index (χ1v) is 5.54. The zero-order chi connectivity index (χ0) is 9.84. The topological polar surface area (TPSA) is 12.0 Å². The normalized spacial score (nSPS) is 29.7. The molecule has 1 rings (SSSR count). The summed E-state index contributed by atoms with van der Waals surface area (Å²) in [6.45, 7) is 9.18. The van der Waals surface area contributed by atoms with E-state index in [1.165, 1.54) is 12.8 Å². The minimum atomic E-state index is 0.579. The first-order valence-electron chi connectivity index (χ1n) is 5.54. The van der Waals surface area contributed by atoms with Crippen LogP contribution in [0.4, 0.5) is 0 Å². The molecule has 0 fully saturated rings. The Kier molecular flexibility index (Phi) is 3.98. The van der Waals surface area contributed by atoms with Crippen molar-refractivity contribution in [1.29, 1.82) is 0 Å². The van der Waals surface area contributed by atoms with Crippen LogP contribution >= 0.6 is 0 Å². The van der Waals surface area contributed by atoms with Crippen molar-refractivity contribution in [3.05, 3.63) is 12.2 Å². The van der Waals surface area contributed by atoms with Crippen molar-refractivity contribution in [3.8, 4) is 0 Å². The second-order valence-corrected chi connectivity index (χ2v) is 4.79. The van der Waals surface area contributed by atoms with Gasteiger partial charge >= 0.3 is 0 Å². The van der Waals surface area contributed by atoms with Gasteiger partial charge in [0.25, 0.3) is 0 Å². The highest BCUT2D eigenvalue weighted by atomic mass is 15.0. The number of allylic oxidation sites excluding steroid dienone is 1. The summed E-state index contributed by atoms with van der Waals surface area (Å²) < 4.78 is 0. The molecule has 0 amide bonds. The van der Waals surface area contributed by atoms with Crippen LogP contribution in [0, 0.1) is 11.8 Å². The molecule has 1 aliphatic rings. The van der Waals surface area contributed by atoms with Gasteiger partial charge < -0.3 is 5.32 Å². The summed E-state index contributed by atoms with van der Waals surface area (Å²) in [4.78, 5) is 0. The Hall–Kier alpha value is -0.300. The maximum atomic E-state index is 3.73. The molecule has 0 aromatic carbocycles. The summed E-state index contributed by atoms with van der Waals surface area (Å²) in [5.41, 5.74) is 0. The summed E-state index contributed by atoms with van der Waals surface area (Å²) in [5, 5.41) is 3.73. The van der Waals surface area contributed by atoms with Gasteiger partial charge in [-0.25, -0.2) is 0 Å². The summed E-state index contributed by atoms with van der Waals surface area (Å²) in [6.07, 6.45) is 7.20. The summed E-state index contributed by atoms with van der Waals surface area (Å²) >= 11 is 0. The molecule has 0 saturated carbocycles. The van der Waals surface area contributed by atoms with Crippen LogP contribution in [0.1, 0.15) is 40.5 Å². The lowest BCUT2D eigenvalue weighted by molar-refractivity contribution is 0.332. The average molecular weight is 181 g/mol. The van der Waals surface area contributed by atoms with Crippen molar-refractivity contribution < 1.29 is 0 Å². The molecule has 0 radical (unpaired) electrons. The van der Waals surface area contributed by atoms with Gasteiger partial charge in [0, 0.05) is 12.1 Å². The second-order valence-electron chi connectivity index (χ2n) is 4.79. The minimum Gasteiger partial charge on any atom is -0.307 e. The van der Waals surface area contributed by atoms with Crippen LogP contribution in [0.15, 0.2) is 12.2 Å². The van der Waals surface area contributed by atoms with E-state index in [1.807, 2.05) is 0 Å². The molecule has 76 valence electrons. The molecule has 1 N–H and O–H groups in total. The zero-order valence-electron chi connectivity index (χ0n) is 9.38. The third kappa shape index (κ3) is 3.15. The van der Waals surface area contributed by atoms with Crippen LogP contribution in [0.25, 0.3) is 0 Å². The third-order valence-electron chi connectivity index (χ3n) is 2.92. The van der Waals surface area contributed by atoms with Gasteiger partial charge in [-0.05, 0) is 24.7 Å². The van der Waals surface area contributed by atoms with Crippen molar-refractivity contribution in [2.45, 2.75) is 52.6 Å². The van der Waals surface area contributed by atoms with Gasteiger partial charge in [0.2, 0.25) is 0 Å². The molecule has 13 heavy (non-hydrogen) atoms. The predicted octanol–water partition coefficient (Wildman–Crippen LogP) is 2.98. The fourth-order valence-corrected chi connectivity index (χ4v) is 1.85. The van der Waals surface area contributed by atoms with Crippen LogP contribution in [0.2, 0.25) is 0 Å². The Labute approximate surface area is 82.6 Å². The molecular weight excluding hydrogens is 158 g/mol. The fraction of sp³-hybridized carbons (Fsp3) is 0.833. The minimum absolute atomic E-state index is 0.579. The molecule has 0 spiro atoms. The van der Waals surface area contributed by atoms with Gasteiger partial charge in [0.05, 0.1) is 0 Å². The quantitative estimate of drug-likeness (QED) is 0.646. The van der Waals surface area contributed by atoms with Gasteiger partial charge in [-0.3, -0.25) is 0 Å². The first kappa shape index (κ1) is 10.8. The lowest BCUT2D eigenvalue weighted by atomic mass is 9.98. The molecule has 0 aromatic rings. The predicted molar refractivity (Wildman–Crippen MR) is 58.8 cm³/mol. The molecule has 1 aliphatic heterocycles. The fourth-order valence-electron chi connectivity index (χ4n) is 1.85. The zero-order valence-corrected chi connectivity index (χ0v) is 9.38. The molecule has 1 unspecified atom stereocenters. The monoisotopic (exact) mass is 181 g/mol. The average Bonchev–Trinajstić information content (AvgIpc) is 2.28.